The molecule has 0 aliphatic rings. The number of aromatic nitrogens is 1. The van der Waals surface area contributed by atoms with Crippen LogP contribution in [0.25, 0.3) is 0 Å². The van der Waals surface area contributed by atoms with E-state index in [9.17, 15) is 4.39 Å². The van der Waals surface area contributed by atoms with Crippen molar-refractivity contribution in [2.45, 2.75) is 6.54 Å². The van der Waals surface area contributed by atoms with Gasteiger partial charge in [-0.2, -0.15) is 0 Å². The molecule has 2 aromatic rings. The largest absolute Gasteiger partial charge is 0.491 e. The van der Waals surface area contributed by atoms with Gasteiger partial charge in [0.25, 0.3) is 0 Å². The van der Waals surface area contributed by atoms with Gasteiger partial charge in [-0.25, -0.2) is 4.39 Å². The quantitative estimate of drug-likeness (QED) is 0.826. The molecule has 0 spiro atoms. The minimum Gasteiger partial charge on any atom is -0.491 e. The molecular weight excluding hydrogens is 267 g/mol. The molecule has 1 heterocycles. The van der Waals surface area contributed by atoms with Gasteiger partial charge in [-0.1, -0.05) is 17.7 Å². The fourth-order valence-corrected chi connectivity index (χ4v) is 1.77. The van der Waals surface area contributed by atoms with Gasteiger partial charge in [0, 0.05) is 19.3 Å². The van der Waals surface area contributed by atoms with Crippen LogP contribution in [-0.2, 0) is 6.54 Å². The zero-order chi connectivity index (χ0) is 13.5. The van der Waals surface area contributed by atoms with Crippen LogP contribution in [0.15, 0.2) is 42.6 Å². The van der Waals surface area contributed by atoms with Crippen LogP contribution in [-0.4, -0.2) is 18.1 Å². The molecule has 3 nitrogen and oxygen atoms in total. The summed E-state index contributed by atoms with van der Waals surface area (Å²) < 4.78 is 18.3. The number of benzene rings is 1. The third-order valence-electron chi connectivity index (χ3n) is 2.46. The van der Waals surface area contributed by atoms with E-state index in [2.05, 4.69) is 10.3 Å². The van der Waals surface area contributed by atoms with Gasteiger partial charge in [0.2, 0.25) is 0 Å². The first-order valence-electron chi connectivity index (χ1n) is 5.94. The van der Waals surface area contributed by atoms with Gasteiger partial charge in [0.05, 0.1) is 10.7 Å². The Kier molecular flexibility index (Phi) is 5.12. The highest BCUT2D eigenvalue weighted by Gasteiger charge is 2.02. The Morgan fingerprint density at radius 3 is 2.89 bits per heavy atom. The van der Waals surface area contributed by atoms with Gasteiger partial charge in [0.15, 0.2) is 0 Å². The Balaban J connectivity index is 1.69. The molecule has 0 radical (unpaired) electrons. The van der Waals surface area contributed by atoms with Gasteiger partial charge in [-0.3, -0.25) is 4.98 Å². The van der Waals surface area contributed by atoms with Crippen molar-refractivity contribution in [1.82, 2.24) is 10.3 Å². The molecule has 0 bridgehead atoms. The molecule has 5 heteroatoms. The molecule has 0 aliphatic heterocycles. The molecule has 0 aliphatic carbocycles. The van der Waals surface area contributed by atoms with E-state index in [-0.39, 0.29) is 10.8 Å². The monoisotopic (exact) mass is 280 g/mol. The van der Waals surface area contributed by atoms with E-state index in [4.69, 9.17) is 16.3 Å². The molecule has 0 unspecified atom stereocenters. The molecule has 0 atom stereocenters. The summed E-state index contributed by atoms with van der Waals surface area (Å²) in [7, 11) is 0. The average Bonchev–Trinajstić information content (AvgIpc) is 2.42. The van der Waals surface area contributed by atoms with Crippen LogP contribution in [0.5, 0.6) is 5.75 Å². The van der Waals surface area contributed by atoms with E-state index < -0.39 is 0 Å². The van der Waals surface area contributed by atoms with Crippen LogP contribution in [0.4, 0.5) is 4.39 Å². The summed E-state index contributed by atoms with van der Waals surface area (Å²) in [6, 6.07) is 9.85. The normalized spacial score (nSPS) is 10.4. The van der Waals surface area contributed by atoms with Crippen molar-refractivity contribution < 1.29 is 9.13 Å². The molecule has 19 heavy (non-hydrogen) atoms. The van der Waals surface area contributed by atoms with Crippen molar-refractivity contribution in [3.63, 3.8) is 0 Å². The Labute approximate surface area is 116 Å². The van der Waals surface area contributed by atoms with E-state index in [1.54, 1.807) is 6.20 Å². The number of pyridine rings is 1. The average molecular weight is 281 g/mol. The minimum atomic E-state index is -0.370. The van der Waals surface area contributed by atoms with E-state index >= 15 is 0 Å². The molecule has 0 amide bonds. The summed E-state index contributed by atoms with van der Waals surface area (Å²) in [5, 5.41) is 3.48. The first-order chi connectivity index (χ1) is 9.25. The van der Waals surface area contributed by atoms with Crippen LogP contribution in [0, 0.1) is 5.82 Å². The van der Waals surface area contributed by atoms with Crippen molar-refractivity contribution in [2.75, 3.05) is 13.2 Å². The lowest BCUT2D eigenvalue weighted by Crippen LogP contribution is -2.21. The minimum absolute atomic E-state index is 0.282. The summed E-state index contributed by atoms with van der Waals surface area (Å²) in [6.45, 7) is 1.80. The predicted octanol–water partition coefficient (Wildman–Crippen LogP) is 3.04. The number of ether oxygens (including phenoxy) is 1. The molecule has 0 saturated carbocycles. The second kappa shape index (κ2) is 7.07. The Morgan fingerprint density at radius 2 is 2.16 bits per heavy atom. The molecule has 0 fully saturated rings. The zero-order valence-corrected chi connectivity index (χ0v) is 11.0. The van der Waals surface area contributed by atoms with Gasteiger partial charge >= 0.3 is 0 Å². The summed E-state index contributed by atoms with van der Waals surface area (Å²) in [5.74, 6) is 0.119. The van der Waals surface area contributed by atoms with Gasteiger partial charge in [-0.15, -0.1) is 0 Å². The predicted molar refractivity (Wildman–Crippen MR) is 72.8 cm³/mol. The second-order valence-corrected chi connectivity index (χ2v) is 4.33. The fraction of sp³-hybridized carbons (Fsp3) is 0.214. The second-order valence-electron chi connectivity index (χ2n) is 3.92. The maximum Gasteiger partial charge on any atom is 0.138 e. The van der Waals surface area contributed by atoms with Gasteiger partial charge < -0.3 is 10.1 Å². The third kappa shape index (κ3) is 4.50. The number of hydrogen-bond acceptors (Lipinski definition) is 3. The highest BCUT2D eigenvalue weighted by molar-refractivity contribution is 6.32. The topological polar surface area (TPSA) is 34.1 Å². The van der Waals surface area contributed by atoms with Gasteiger partial charge in [-0.05, 0) is 30.3 Å². The third-order valence-corrected chi connectivity index (χ3v) is 2.76. The number of nitrogens with zero attached hydrogens (tertiary/aromatic N) is 1. The van der Waals surface area contributed by atoms with Crippen LogP contribution in [0.1, 0.15) is 5.69 Å². The van der Waals surface area contributed by atoms with E-state index in [0.717, 1.165) is 5.69 Å². The summed E-state index contributed by atoms with van der Waals surface area (Å²) >= 11 is 5.84. The molecule has 2 rings (SSSR count). The van der Waals surface area contributed by atoms with Crippen molar-refractivity contribution >= 4 is 11.6 Å². The Bertz CT molecular complexity index is 522. The highest BCUT2D eigenvalue weighted by Crippen LogP contribution is 2.24. The maximum atomic E-state index is 12.8. The summed E-state index contributed by atoms with van der Waals surface area (Å²) in [6.07, 6.45) is 1.76. The van der Waals surface area contributed by atoms with Crippen molar-refractivity contribution in [3.8, 4) is 5.75 Å². The summed E-state index contributed by atoms with van der Waals surface area (Å²) in [5.41, 5.74) is 0.974. The van der Waals surface area contributed by atoms with E-state index in [1.165, 1.54) is 18.2 Å². The van der Waals surface area contributed by atoms with Gasteiger partial charge in [0.1, 0.15) is 18.2 Å². The van der Waals surface area contributed by atoms with Crippen LogP contribution < -0.4 is 10.1 Å². The number of rotatable bonds is 6. The maximum absolute atomic E-state index is 12.8. The van der Waals surface area contributed by atoms with Crippen LogP contribution >= 0.6 is 11.6 Å². The fourth-order valence-electron chi connectivity index (χ4n) is 1.54. The zero-order valence-electron chi connectivity index (χ0n) is 10.3. The summed E-state index contributed by atoms with van der Waals surface area (Å²) in [4.78, 5) is 4.19. The van der Waals surface area contributed by atoms with E-state index in [1.807, 2.05) is 18.2 Å². The lowest BCUT2D eigenvalue weighted by molar-refractivity contribution is 0.313. The lowest BCUT2D eigenvalue weighted by Gasteiger charge is -2.08. The van der Waals surface area contributed by atoms with Crippen LogP contribution in [0.3, 0.4) is 0 Å². The molecule has 1 N–H and O–H groups in total. The molecular formula is C14H14ClFN2O. The standard InChI is InChI=1S/C14H14ClFN2O/c15-13-9-11(16)4-5-14(13)19-8-7-17-10-12-3-1-2-6-18-12/h1-6,9,17H,7-8,10H2. The molecule has 1 aromatic heterocycles. The number of halogens is 2. The highest BCUT2D eigenvalue weighted by atomic mass is 35.5. The Hall–Kier alpha value is -1.65. The Morgan fingerprint density at radius 1 is 1.26 bits per heavy atom. The SMILES string of the molecule is Fc1ccc(OCCNCc2ccccn2)c(Cl)c1. The molecule has 1 aromatic carbocycles. The smallest absolute Gasteiger partial charge is 0.138 e. The first kappa shape index (κ1) is 13.8. The van der Waals surface area contributed by atoms with Crippen molar-refractivity contribution in [3.05, 3.63) is 59.1 Å². The van der Waals surface area contributed by atoms with E-state index in [0.29, 0.717) is 25.4 Å². The molecule has 100 valence electrons. The first-order valence-corrected chi connectivity index (χ1v) is 6.32. The number of nitrogens with one attached hydrogen (secondary N) is 1. The number of hydrogen-bond donors (Lipinski definition) is 1. The molecule has 0 saturated heterocycles. The van der Waals surface area contributed by atoms with Crippen molar-refractivity contribution in [2.24, 2.45) is 0 Å². The van der Waals surface area contributed by atoms with Crippen LogP contribution in [0.2, 0.25) is 5.02 Å². The lowest BCUT2D eigenvalue weighted by atomic mass is 10.3. The van der Waals surface area contributed by atoms with Crippen molar-refractivity contribution in [1.29, 1.82) is 0 Å².